The lowest BCUT2D eigenvalue weighted by Gasteiger charge is -2.14. The summed E-state index contributed by atoms with van der Waals surface area (Å²) < 4.78 is 1.92. The van der Waals surface area contributed by atoms with Crippen LogP contribution in [0.3, 0.4) is 0 Å². The van der Waals surface area contributed by atoms with E-state index in [1.54, 1.807) is 16.2 Å². The van der Waals surface area contributed by atoms with Gasteiger partial charge in [0.25, 0.3) is 5.91 Å². The Morgan fingerprint density at radius 1 is 1.53 bits per heavy atom. The summed E-state index contributed by atoms with van der Waals surface area (Å²) in [6.45, 7) is 4.95. The monoisotopic (exact) mass is 251 g/mol. The molecule has 0 bridgehead atoms. The summed E-state index contributed by atoms with van der Waals surface area (Å²) >= 11 is 1.60. The second kappa shape index (κ2) is 4.87. The van der Waals surface area contributed by atoms with Crippen LogP contribution in [0, 0.1) is 6.92 Å². The van der Waals surface area contributed by atoms with Gasteiger partial charge in [-0.1, -0.05) is 13.3 Å². The molecule has 0 fully saturated rings. The molecule has 2 rings (SSSR count). The molecule has 0 aliphatic carbocycles. The number of carbonyl (C=O) groups is 1. The van der Waals surface area contributed by atoms with Crippen molar-refractivity contribution >= 4 is 22.2 Å². The highest BCUT2D eigenvalue weighted by atomic mass is 32.1. The Kier molecular flexibility index (Phi) is 3.47. The zero-order valence-electron chi connectivity index (χ0n) is 10.4. The van der Waals surface area contributed by atoms with Crippen LogP contribution in [0.15, 0.2) is 12.4 Å². The first-order valence-corrected chi connectivity index (χ1v) is 6.64. The van der Waals surface area contributed by atoms with Crippen molar-refractivity contribution in [1.82, 2.24) is 14.3 Å². The van der Waals surface area contributed by atoms with Crippen molar-refractivity contribution in [2.24, 2.45) is 0 Å². The first-order valence-electron chi connectivity index (χ1n) is 5.82. The van der Waals surface area contributed by atoms with Gasteiger partial charge in [-0.25, -0.2) is 4.98 Å². The number of unbranched alkanes of at least 4 members (excludes halogenated alkanes) is 1. The van der Waals surface area contributed by atoms with Crippen LogP contribution < -0.4 is 0 Å². The summed E-state index contributed by atoms with van der Waals surface area (Å²) in [5, 5.41) is 0. The molecule has 0 aliphatic rings. The van der Waals surface area contributed by atoms with Crippen molar-refractivity contribution in [2.75, 3.05) is 13.6 Å². The zero-order chi connectivity index (χ0) is 12.4. The second-order valence-electron chi connectivity index (χ2n) is 4.24. The number of hydrogen-bond acceptors (Lipinski definition) is 3. The molecule has 0 saturated heterocycles. The van der Waals surface area contributed by atoms with Gasteiger partial charge in [0.15, 0.2) is 4.96 Å². The van der Waals surface area contributed by atoms with Crippen LogP contribution in [-0.2, 0) is 0 Å². The molecule has 17 heavy (non-hydrogen) atoms. The summed E-state index contributed by atoms with van der Waals surface area (Å²) in [5.74, 6) is 0.00648. The van der Waals surface area contributed by atoms with Gasteiger partial charge >= 0.3 is 0 Å². The highest BCUT2D eigenvalue weighted by molar-refractivity contribution is 7.17. The van der Waals surface area contributed by atoms with Crippen LogP contribution in [0.5, 0.6) is 0 Å². The second-order valence-corrected chi connectivity index (χ2v) is 5.45. The molecule has 0 radical (unpaired) electrons. The van der Waals surface area contributed by atoms with Crippen LogP contribution in [0.1, 0.15) is 35.1 Å². The number of aryl methyl sites for hydroxylation is 1. The summed E-state index contributed by atoms with van der Waals surface area (Å²) in [6, 6.07) is 0. The fourth-order valence-electron chi connectivity index (χ4n) is 1.71. The van der Waals surface area contributed by atoms with E-state index in [0.29, 0.717) is 5.69 Å². The molecule has 0 unspecified atom stereocenters. The molecule has 0 aromatic carbocycles. The molecule has 2 aromatic heterocycles. The summed E-state index contributed by atoms with van der Waals surface area (Å²) in [6.07, 6.45) is 5.93. The molecule has 0 aliphatic heterocycles. The largest absolute Gasteiger partial charge is 0.340 e. The fraction of sp³-hybridized carbons (Fsp3) is 0.500. The molecular formula is C12H17N3OS. The number of fused-ring (bicyclic) bond motifs is 1. The standard InChI is InChI=1S/C12H17N3OS/c1-4-5-6-14(3)11(16)10-8-15-7-9(2)17-12(15)13-10/h7-8H,4-6H2,1-3H3. The molecule has 2 aromatic rings. The maximum Gasteiger partial charge on any atom is 0.273 e. The van der Waals surface area contributed by atoms with Gasteiger partial charge in [0.1, 0.15) is 5.69 Å². The molecule has 0 N–H and O–H groups in total. The Balaban J connectivity index is 2.15. The number of thiazole rings is 1. The summed E-state index contributed by atoms with van der Waals surface area (Å²) in [7, 11) is 1.83. The lowest BCUT2D eigenvalue weighted by atomic mass is 10.3. The molecule has 0 spiro atoms. The Labute approximate surface area is 105 Å². The topological polar surface area (TPSA) is 37.6 Å². The van der Waals surface area contributed by atoms with Crippen molar-refractivity contribution in [3.05, 3.63) is 23.0 Å². The SMILES string of the molecule is CCCCN(C)C(=O)c1cn2cc(C)sc2n1. The van der Waals surface area contributed by atoms with E-state index >= 15 is 0 Å². The molecule has 0 saturated carbocycles. The van der Waals surface area contributed by atoms with Gasteiger partial charge in [0.2, 0.25) is 0 Å². The van der Waals surface area contributed by atoms with Crippen LogP contribution in [-0.4, -0.2) is 33.8 Å². The first-order chi connectivity index (χ1) is 8.11. The Morgan fingerprint density at radius 3 is 2.94 bits per heavy atom. The number of hydrogen-bond donors (Lipinski definition) is 0. The van der Waals surface area contributed by atoms with E-state index in [2.05, 4.69) is 11.9 Å². The van der Waals surface area contributed by atoms with Crippen LogP contribution in [0.4, 0.5) is 0 Å². The molecule has 2 heterocycles. The van der Waals surface area contributed by atoms with E-state index in [1.165, 1.54) is 4.88 Å². The highest BCUT2D eigenvalue weighted by Gasteiger charge is 2.15. The molecule has 5 heteroatoms. The minimum atomic E-state index is 0.00648. The number of amides is 1. The van der Waals surface area contributed by atoms with Crippen LogP contribution in [0.25, 0.3) is 4.96 Å². The van der Waals surface area contributed by atoms with Gasteiger partial charge in [-0.05, 0) is 13.3 Å². The third-order valence-electron chi connectivity index (χ3n) is 2.68. The molecule has 92 valence electrons. The van der Waals surface area contributed by atoms with Crippen LogP contribution >= 0.6 is 11.3 Å². The van der Waals surface area contributed by atoms with Gasteiger partial charge in [-0.2, -0.15) is 0 Å². The molecule has 1 amide bonds. The van der Waals surface area contributed by atoms with Gasteiger partial charge in [0.05, 0.1) is 0 Å². The average Bonchev–Trinajstić information content (AvgIpc) is 2.81. The number of rotatable bonds is 4. The van der Waals surface area contributed by atoms with E-state index in [9.17, 15) is 4.79 Å². The third-order valence-corrected chi connectivity index (χ3v) is 3.60. The van der Waals surface area contributed by atoms with E-state index < -0.39 is 0 Å². The fourth-order valence-corrected chi connectivity index (χ4v) is 2.52. The Hall–Kier alpha value is -1.36. The molecule has 0 atom stereocenters. The summed E-state index contributed by atoms with van der Waals surface area (Å²) in [5.41, 5.74) is 0.537. The predicted octanol–water partition coefficient (Wildman–Crippen LogP) is 2.58. The highest BCUT2D eigenvalue weighted by Crippen LogP contribution is 2.17. The normalized spacial score (nSPS) is 11.0. The van der Waals surface area contributed by atoms with E-state index in [0.717, 1.165) is 24.3 Å². The number of imidazole rings is 1. The van der Waals surface area contributed by atoms with Gasteiger partial charge in [0, 0.05) is 30.9 Å². The van der Waals surface area contributed by atoms with E-state index in [4.69, 9.17) is 0 Å². The quantitative estimate of drug-likeness (QED) is 0.837. The lowest BCUT2D eigenvalue weighted by Crippen LogP contribution is -2.27. The van der Waals surface area contributed by atoms with Crippen LogP contribution in [0.2, 0.25) is 0 Å². The van der Waals surface area contributed by atoms with Crippen molar-refractivity contribution in [3.63, 3.8) is 0 Å². The number of carbonyl (C=O) groups excluding carboxylic acids is 1. The molecular weight excluding hydrogens is 234 g/mol. The smallest absolute Gasteiger partial charge is 0.273 e. The van der Waals surface area contributed by atoms with Gasteiger partial charge in [-0.3, -0.25) is 9.20 Å². The van der Waals surface area contributed by atoms with Gasteiger partial charge < -0.3 is 4.90 Å². The number of aromatic nitrogens is 2. The maximum atomic E-state index is 12.1. The number of nitrogens with zero attached hydrogens (tertiary/aromatic N) is 3. The van der Waals surface area contributed by atoms with Crippen molar-refractivity contribution in [2.45, 2.75) is 26.7 Å². The van der Waals surface area contributed by atoms with Gasteiger partial charge in [-0.15, -0.1) is 11.3 Å². The Morgan fingerprint density at radius 2 is 2.29 bits per heavy atom. The van der Waals surface area contributed by atoms with E-state index in [1.807, 2.05) is 30.8 Å². The van der Waals surface area contributed by atoms with Crippen molar-refractivity contribution < 1.29 is 4.79 Å². The van der Waals surface area contributed by atoms with Crippen molar-refractivity contribution in [3.8, 4) is 0 Å². The zero-order valence-corrected chi connectivity index (χ0v) is 11.3. The first kappa shape index (κ1) is 12.1. The summed E-state index contributed by atoms with van der Waals surface area (Å²) in [4.78, 5) is 20.2. The van der Waals surface area contributed by atoms with E-state index in [-0.39, 0.29) is 5.91 Å². The lowest BCUT2D eigenvalue weighted by molar-refractivity contribution is 0.0788. The molecule has 4 nitrogen and oxygen atoms in total. The third kappa shape index (κ3) is 2.49. The predicted molar refractivity (Wildman–Crippen MR) is 69.7 cm³/mol. The van der Waals surface area contributed by atoms with Crippen molar-refractivity contribution in [1.29, 1.82) is 0 Å². The maximum absolute atomic E-state index is 12.1. The average molecular weight is 251 g/mol. The Bertz CT molecular complexity index is 497. The minimum Gasteiger partial charge on any atom is -0.340 e. The minimum absolute atomic E-state index is 0.00648.